The summed E-state index contributed by atoms with van der Waals surface area (Å²) in [7, 11) is 0. The molecule has 0 spiro atoms. The van der Waals surface area contributed by atoms with E-state index in [9.17, 15) is 0 Å². The van der Waals surface area contributed by atoms with Gasteiger partial charge >= 0.3 is 0 Å². The summed E-state index contributed by atoms with van der Waals surface area (Å²) in [6, 6.07) is 16.2. The zero-order valence-electron chi connectivity index (χ0n) is 11.6. The highest BCUT2D eigenvalue weighted by atomic mass is 16.5. The second-order valence-electron chi connectivity index (χ2n) is 5.77. The fraction of sp³-hybridized carbons (Fsp3) is 0.333. The number of hydrogen-bond donors (Lipinski definition) is 1. The first-order chi connectivity index (χ1) is 9.88. The fourth-order valence-electron chi connectivity index (χ4n) is 2.73. The van der Waals surface area contributed by atoms with Crippen LogP contribution < -0.4 is 10.1 Å². The highest BCUT2D eigenvalue weighted by Crippen LogP contribution is 2.30. The molecule has 0 aromatic heterocycles. The molecule has 1 aliphatic carbocycles. The number of benzene rings is 2. The maximum atomic E-state index is 5.56. The highest BCUT2D eigenvalue weighted by Gasteiger charge is 2.19. The summed E-state index contributed by atoms with van der Waals surface area (Å²) in [5, 5.41) is 3.55. The van der Waals surface area contributed by atoms with Gasteiger partial charge in [-0.05, 0) is 47.2 Å². The first-order valence-electron chi connectivity index (χ1n) is 7.47. The van der Waals surface area contributed by atoms with E-state index in [1.54, 1.807) is 0 Å². The minimum absolute atomic E-state index is 0.770. The van der Waals surface area contributed by atoms with Crippen molar-refractivity contribution in [3.8, 4) is 16.9 Å². The smallest absolute Gasteiger partial charge is 0.122 e. The molecule has 2 aromatic carbocycles. The molecule has 2 aromatic rings. The number of fused-ring (bicyclic) bond motifs is 1. The van der Waals surface area contributed by atoms with Crippen molar-refractivity contribution >= 4 is 0 Å². The largest absolute Gasteiger partial charge is 0.493 e. The molecule has 0 atom stereocenters. The standard InChI is InChI=1S/C18H19NO/c1-3-14(4-2-13(1)12-19-17-6-7-17)15-5-8-18-16(11-15)9-10-20-18/h1-5,8,11,17,19H,6-7,9-10,12H2. The van der Waals surface area contributed by atoms with Crippen LogP contribution in [0.3, 0.4) is 0 Å². The summed E-state index contributed by atoms with van der Waals surface area (Å²) in [5.41, 5.74) is 5.28. The first-order valence-corrected chi connectivity index (χ1v) is 7.47. The zero-order valence-corrected chi connectivity index (χ0v) is 11.6. The Kier molecular flexibility index (Phi) is 2.96. The molecule has 2 heteroatoms. The van der Waals surface area contributed by atoms with Crippen molar-refractivity contribution in [2.24, 2.45) is 0 Å². The lowest BCUT2D eigenvalue weighted by molar-refractivity contribution is 0.357. The lowest BCUT2D eigenvalue weighted by Gasteiger charge is -2.07. The van der Waals surface area contributed by atoms with Crippen LogP contribution in [-0.4, -0.2) is 12.6 Å². The molecule has 1 N–H and O–H groups in total. The van der Waals surface area contributed by atoms with E-state index >= 15 is 0 Å². The van der Waals surface area contributed by atoms with E-state index in [1.165, 1.54) is 35.1 Å². The molecule has 20 heavy (non-hydrogen) atoms. The van der Waals surface area contributed by atoms with Crippen LogP contribution in [0.5, 0.6) is 5.75 Å². The predicted molar refractivity (Wildman–Crippen MR) is 80.9 cm³/mol. The van der Waals surface area contributed by atoms with Crippen LogP contribution in [0.1, 0.15) is 24.0 Å². The lowest BCUT2D eigenvalue weighted by Crippen LogP contribution is -2.14. The molecule has 1 aliphatic heterocycles. The Bertz CT molecular complexity index is 614. The van der Waals surface area contributed by atoms with Gasteiger partial charge in [-0.3, -0.25) is 0 Å². The Morgan fingerprint density at radius 2 is 1.80 bits per heavy atom. The predicted octanol–water partition coefficient (Wildman–Crippen LogP) is 3.54. The van der Waals surface area contributed by atoms with Crippen molar-refractivity contribution in [2.45, 2.75) is 31.8 Å². The molecular weight excluding hydrogens is 246 g/mol. The van der Waals surface area contributed by atoms with E-state index in [-0.39, 0.29) is 0 Å². The SMILES string of the molecule is c1cc(-c2ccc3c(c2)CCO3)ccc1CNC1CC1. The third kappa shape index (κ3) is 2.44. The van der Waals surface area contributed by atoms with Gasteiger partial charge in [0, 0.05) is 19.0 Å². The summed E-state index contributed by atoms with van der Waals surface area (Å²) >= 11 is 0. The van der Waals surface area contributed by atoms with E-state index in [0.29, 0.717) is 0 Å². The number of hydrogen-bond acceptors (Lipinski definition) is 2. The van der Waals surface area contributed by atoms with Gasteiger partial charge in [0.25, 0.3) is 0 Å². The van der Waals surface area contributed by atoms with Crippen LogP contribution in [0.4, 0.5) is 0 Å². The lowest BCUT2D eigenvalue weighted by atomic mass is 10.0. The van der Waals surface area contributed by atoms with Gasteiger partial charge in [0.15, 0.2) is 0 Å². The maximum absolute atomic E-state index is 5.56. The van der Waals surface area contributed by atoms with Crippen LogP contribution in [0.25, 0.3) is 11.1 Å². The van der Waals surface area contributed by atoms with Crippen LogP contribution >= 0.6 is 0 Å². The summed E-state index contributed by atoms with van der Waals surface area (Å²) in [4.78, 5) is 0. The Morgan fingerprint density at radius 3 is 2.60 bits per heavy atom. The molecule has 4 rings (SSSR count). The monoisotopic (exact) mass is 265 g/mol. The van der Waals surface area contributed by atoms with Gasteiger partial charge in [-0.1, -0.05) is 30.3 Å². The third-order valence-electron chi connectivity index (χ3n) is 4.15. The normalized spacial score (nSPS) is 16.8. The van der Waals surface area contributed by atoms with Gasteiger partial charge in [0.05, 0.1) is 6.61 Å². The first kappa shape index (κ1) is 12.0. The minimum Gasteiger partial charge on any atom is -0.493 e. The molecule has 1 heterocycles. The van der Waals surface area contributed by atoms with Crippen molar-refractivity contribution in [3.05, 3.63) is 53.6 Å². The van der Waals surface area contributed by atoms with Gasteiger partial charge in [-0.2, -0.15) is 0 Å². The van der Waals surface area contributed by atoms with Crippen molar-refractivity contribution in [3.63, 3.8) is 0 Å². The van der Waals surface area contributed by atoms with Gasteiger partial charge < -0.3 is 10.1 Å². The Hall–Kier alpha value is -1.80. The molecule has 0 saturated heterocycles. The number of rotatable bonds is 4. The molecule has 1 saturated carbocycles. The van der Waals surface area contributed by atoms with E-state index in [2.05, 4.69) is 47.8 Å². The second-order valence-corrected chi connectivity index (χ2v) is 5.77. The highest BCUT2D eigenvalue weighted by molar-refractivity contribution is 5.66. The average molecular weight is 265 g/mol. The molecule has 2 nitrogen and oxygen atoms in total. The average Bonchev–Trinajstić information content (AvgIpc) is 3.21. The van der Waals surface area contributed by atoms with Crippen molar-refractivity contribution in [1.82, 2.24) is 5.32 Å². The van der Waals surface area contributed by atoms with Crippen LogP contribution in [0, 0.1) is 0 Å². The van der Waals surface area contributed by atoms with Crippen LogP contribution in [0.2, 0.25) is 0 Å². The van der Waals surface area contributed by atoms with Gasteiger partial charge in [0.1, 0.15) is 5.75 Å². The molecule has 1 fully saturated rings. The minimum atomic E-state index is 0.770. The van der Waals surface area contributed by atoms with E-state index in [0.717, 1.165) is 31.4 Å². The van der Waals surface area contributed by atoms with Crippen LogP contribution in [-0.2, 0) is 13.0 Å². The number of ether oxygens (including phenoxy) is 1. The van der Waals surface area contributed by atoms with Crippen LogP contribution in [0.15, 0.2) is 42.5 Å². The summed E-state index contributed by atoms with van der Waals surface area (Å²) in [6.07, 6.45) is 3.72. The quantitative estimate of drug-likeness (QED) is 0.913. The van der Waals surface area contributed by atoms with Gasteiger partial charge in [0.2, 0.25) is 0 Å². The Balaban J connectivity index is 1.52. The molecular formula is C18H19NO. The molecule has 0 bridgehead atoms. The Morgan fingerprint density at radius 1 is 1.00 bits per heavy atom. The van der Waals surface area contributed by atoms with Gasteiger partial charge in [-0.25, -0.2) is 0 Å². The van der Waals surface area contributed by atoms with Crippen molar-refractivity contribution in [1.29, 1.82) is 0 Å². The van der Waals surface area contributed by atoms with E-state index in [1.807, 2.05) is 0 Å². The van der Waals surface area contributed by atoms with E-state index < -0.39 is 0 Å². The van der Waals surface area contributed by atoms with E-state index in [4.69, 9.17) is 4.74 Å². The van der Waals surface area contributed by atoms with Gasteiger partial charge in [-0.15, -0.1) is 0 Å². The zero-order chi connectivity index (χ0) is 13.4. The summed E-state index contributed by atoms with van der Waals surface area (Å²) in [6.45, 7) is 1.81. The molecule has 0 radical (unpaired) electrons. The van der Waals surface area contributed by atoms with Crippen molar-refractivity contribution < 1.29 is 4.74 Å². The summed E-state index contributed by atoms with van der Waals surface area (Å²) in [5.74, 6) is 1.05. The maximum Gasteiger partial charge on any atom is 0.122 e. The Labute approximate surface area is 119 Å². The molecule has 0 amide bonds. The second kappa shape index (κ2) is 4.95. The fourth-order valence-corrected chi connectivity index (χ4v) is 2.73. The van der Waals surface area contributed by atoms with Crippen molar-refractivity contribution in [2.75, 3.05) is 6.61 Å². The molecule has 102 valence electrons. The molecule has 2 aliphatic rings. The topological polar surface area (TPSA) is 21.3 Å². The number of nitrogens with one attached hydrogen (secondary N) is 1. The summed E-state index contributed by atoms with van der Waals surface area (Å²) < 4.78 is 5.56. The third-order valence-corrected chi connectivity index (χ3v) is 4.15. The molecule has 0 unspecified atom stereocenters.